The highest BCUT2D eigenvalue weighted by Gasteiger charge is 2.01. The third kappa shape index (κ3) is 4.54. The molecule has 0 aliphatic heterocycles. The van der Waals surface area contributed by atoms with E-state index in [0.717, 1.165) is 12.0 Å². The summed E-state index contributed by atoms with van der Waals surface area (Å²) < 4.78 is 5.55. The van der Waals surface area contributed by atoms with E-state index in [1.54, 1.807) is 0 Å². The van der Waals surface area contributed by atoms with E-state index in [0.29, 0.717) is 6.61 Å². The Kier molecular flexibility index (Phi) is 5.19. The Balaban J connectivity index is 1.96. The first-order chi connectivity index (χ1) is 9.25. The first kappa shape index (κ1) is 13.8. The molecule has 0 aliphatic rings. The largest absolute Gasteiger partial charge is 0.433 e. The van der Waals surface area contributed by atoms with Crippen molar-refractivity contribution >= 4 is 12.9 Å². The second-order valence-electron chi connectivity index (χ2n) is 4.78. The Labute approximate surface area is 116 Å². The molecule has 0 amide bonds. The molecule has 0 bridgehead atoms. The molecule has 0 N–H and O–H groups in total. The zero-order valence-electron chi connectivity index (χ0n) is 11.5. The predicted molar refractivity (Wildman–Crippen MR) is 81.8 cm³/mol. The van der Waals surface area contributed by atoms with E-state index in [2.05, 4.69) is 53.4 Å². The van der Waals surface area contributed by atoms with Gasteiger partial charge in [-0.05, 0) is 25.2 Å². The van der Waals surface area contributed by atoms with Crippen molar-refractivity contribution < 1.29 is 4.65 Å². The molecule has 0 heterocycles. The Morgan fingerprint density at radius 3 is 2.42 bits per heavy atom. The van der Waals surface area contributed by atoms with Crippen LogP contribution in [0.25, 0.3) is 11.1 Å². The third-order valence-corrected chi connectivity index (χ3v) is 2.87. The molecule has 0 saturated heterocycles. The molecule has 2 nitrogen and oxygen atoms in total. The van der Waals surface area contributed by atoms with Crippen LogP contribution in [0.4, 0.5) is 0 Å². The lowest BCUT2D eigenvalue weighted by Crippen LogP contribution is -2.23. The number of rotatable bonds is 6. The molecule has 0 aliphatic carbocycles. The fourth-order valence-electron chi connectivity index (χ4n) is 1.81. The lowest BCUT2D eigenvalue weighted by Gasteiger charge is -2.10. The minimum Gasteiger partial charge on any atom is -0.433 e. The summed E-state index contributed by atoms with van der Waals surface area (Å²) in [6.45, 7) is 1.64. The molecule has 2 aromatic rings. The molecule has 2 rings (SSSR count). The molecule has 0 saturated carbocycles. The van der Waals surface area contributed by atoms with E-state index < -0.39 is 0 Å². The zero-order valence-corrected chi connectivity index (χ0v) is 11.5. The highest BCUT2D eigenvalue weighted by atomic mass is 16.4. The van der Waals surface area contributed by atoms with Gasteiger partial charge in [0.15, 0.2) is 0 Å². The van der Waals surface area contributed by atoms with Gasteiger partial charge in [0, 0.05) is 13.2 Å². The van der Waals surface area contributed by atoms with Crippen LogP contribution in [0.3, 0.4) is 0 Å². The van der Waals surface area contributed by atoms with Crippen molar-refractivity contribution in [3.63, 3.8) is 0 Å². The molecule has 1 radical (unpaired) electrons. The lowest BCUT2D eigenvalue weighted by atomic mass is 9.86. The molecule has 3 heteroatoms. The van der Waals surface area contributed by atoms with Crippen LogP contribution in [0, 0.1) is 0 Å². The number of likely N-dealkylation sites (N-methyl/N-ethyl adjacent to an activating group) is 1. The van der Waals surface area contributed by atoms with Crippen LogP contribution in [0.2, 0.25) is 0 Å². The molecule has 19 heavy (non-hydrogen) atoms. The maximum Gasteiger partial charge on any atom is 0.330 e. The van der Waals surface area contributed by atoms with Crippen LogP contribution in [0.15, 0.2) is 54.6 Å². The maximum atomic E-state index is 5.55. The maximum absolute atomic E-state index is 5.55. The van der Waals surface area contributed by atoms with E-state index in [-0.39, 0.29) is 0 Å². The van der Waals surface area contributed by atoms with Crippen molar-refractivity contribution in [2.24, 2.45) is 0 Å². The van der Waals surface area contributed by atoms with Gasteiger partial charge < -0.3 is 9.55 Å². The Morgan fingerprint density at radius 2 is 1.68 bits per heavy atom. The van der Waals surface area contributed by atoms with Crippen molar-refractivity contribution in [1.29, 1.82) is 0 Å². The molecule has 0 unspecified atom stereocenters. The first-order valence-corrected chi connectivity index (χ1v) is 6.51. The molecule has 0 aromatic heterocycles. The molecule has 97 valence electrons. The average Bonchev–Trinajstić information content (AvgIpc) is 2.45. The van der Waals surface area contributed by atoms with Gasteiger partial charge in [-0.2, -0.15) is 0 Å². The summed E-state index contributed by atoms with van der Waals surface area (Å²) >= 11 is 0. The standard InChI is InChI=1S/C16H19BNO/c1-18(2)11-12-19-17-16-10-6-9-15(13-16)14-7-4-3-5-8-14/h3-10,13H,11-12H2,1-2H3. The summed E-state index contributed by atoms with van der Waals surface area (Å²) in [7, 11) is 5.91. The summed E-state index contributed by atoms with van der Waals surface area (Å²) in [5.74, 6) is 0. The highest BCUT2D eigenvalue weighted by molar-refractivity contribution is 6.47. The summed E-state index contributed by atoms with van der Waals surface area (Å²) in [6, 6.07) is 18.8. The quantitative estimate of drug-likeness (QED) is 0.577. The second kappa shape index (κ2) is 7.12. The van der Waals surface area contributed by atoms with E-state index in [9.17, 15) is 0 Å². The molecule has 0 fully saturated rings. The molecular weight excluding hydrogens is 233 g/mol. The Hall–Kier alpha value is -1.58. The summed E-state index contributed by atoms with van der Waals surface area (Å²) in [5.41, 5.74) is 3.54. The van der Waals surface area contributed by atoms with E-state index in [1.165, 1.54) is 11.1 Å². The fourth-order valence-corrected chi connectivity index (χ4v) is 1.81. The monoisotopic (exact) mass is 252 g/mol. The summed E-state index contributed by atoms with van der Waals surface area (Å²) in [4.78, 5) is 2.11. The van der Waals surface area contributed by atoms with Crippen LogP contribution in [-0.2, 0) is 4.65 Å². The second-order valence-corrected chi connectivity index (χ2v) is 4.78. The first-order valence-electron chi connectivity index (χ1n) is 6.51. The highest BCUT2D eigenvalue weighted by Crippen LogP contribution is 2.16. The SMILES string of the molecule is CN(C)CCO[B]c1cccc(-c2ccccc2)c1. The van der Waals surface area contributed by atoms with Gasteiger partial charge in [-0.15, -0.1) is 0 Å². The van der Waals surface area contributed by atoms with Crippen LogP contribution < -0.4 is 5.46 Å². The van der Waals surface area contributed by atoms with Crippen LogP contribution in [0.5, 0.6) is 0 Å². The predicted octanol–water partition coefficient (Wildman–Crippen LogP) is 2.18. The Bertz CT molecular complexity index is 499. The minimum absolute atomic E-state index is 0.711. The van der Waals surface area contributed by atoms with Crippen molar-refractivity contribution in [2.45, 2.75) is 0 Å². The molecular formula is C16H19BNO. The smallest absolute Gasteiger partial charge is 0.330 e. The van der Waals surface area contributed by atoms with Crippen LogP contribution in [-0.4, -0.2) is 39.6 Å². The van der Waals surface area contributed by atoms with Gasteiger partial charge in [0.2, 0.25) is 0 Å². The van der Waals surface area contributed by atoms with Crippen molar-refractivity contribution in [2.75, 3.05) is 27.2 Å². The van der Waals surface area contributed by atoms with Gasteiger partial charge in [-0.1, -0.05) is 60.1 Å². The normalized spacial score (nSPS) is 10.7. The van der Waals surface area contributed by atoms with Gasteiger partial charge in [-0.25, -0.2) is 0 Å². The van der Waals surface area contributed by atoms with Crippen molar-refractivity contribution in [3.05, 3.63) is 54.6 Å². The number of benzene rings is 2. The summed E-state index contributed by atoms with van der Waals surface area (Å²) in [6.07, 6.45) is 0. The van der Waals surface area contributed by atoms with Gasteiger partial charge >= 0.3 is 7.48 Å². The van der Waals surface area contributed by atoms with Gasteiger partial charge in [0.1, 0.15) is 0 Å². The molecule has 2 aromatic carbocycles. The van der Waals surface area contributed by atoms with E-state index in [4.69, 9.17) is 4.65 Å². The zero-order chi connectivity index (χ0) is 13.5. The Morgan fingerprint density at radius 1 is 0.947 bits per heavy atom. The van der Waals surface area contributed by atoms with Crippen molar-refractivity contribution in [3.8, 4) is 11.1 Å². The van der Waals surface area contributed by atoms with Gasteiger partial charge in [0.05, 0.1) is 0 Å². The molecule has 0 spiro atoms. The average molecular weight is 252 g/mol. The molecule has 0 atom stereocenters. The van der Waals surface area contributed by atoms with Crippen molar-refractivity contribution in [1.82, 2.24) is 4.90 Å². The number of hydrogen-bond acceptors (Lipinski definition) is 2. The van der Waals surface area contributed by atoms with Gasteiger partial charge in [-0.3, -0.25) is 0 Å². The topological polar surface area (TPSA) is 12.5 Å². The van der Waals surface area contributed by atoms with Crippen LogP contribution in [0.1, 0.15) is 0 Å². The number of hydrogen-bond donors (Lipinski definition) is 0. The van der Waals surface area contributed by atoms with Crippen LogP contribution >= 0.6 is 0 Å². The fraction of sp³-hybridized carbons (Fsp3) is 0.250. The van der Waals surface area contributed by atoms with E-state index >= 15 is 0 Å². The third-order valence-electron chi connectivity index (χ3n) is 2.87. The van der Waals surface area contributed by atoms with E-state index in [1.807, 2.05) is 27.6 Å². The van der Waals surface area contributed by atoms with Gasteiger partial charge in [0.25, 0.3) is 0 Å². The summed E-state index contributed by atoms with van der Waals surface area (Å²) in [5, 5.41) is 0. The minimum atomic E-state index is 0.711. The number of nitrogens with zero attached hydrogens (tertiary/aromatic N) is 1. The lowest BCUT2D eigenvalue weighted by molar-refractivity contribution is 0.275.